The number of fused-ring (bicyclic) bond motifs is 2. The third-order valence-electron chi connectivity index (χ3n) is 5.70. The monoisotopic (exact) mass is 439 g/mol. The number of carbonyl (C=O) groups is 1. The fraction of sp³-hybridized carbons (Fsp3) is 0.273. The van der Waals surface area contributed by atoms with Gasteiger partial charge in [-0.1, -0.05) is 18.2 Å². The van der Waals surface area contributed by atoms with E-state index in [4.69, 9.17) is 9.47 Å². The molecule has 0 saturated carbocycles. The molecule has 0 spiro atoms. The zero-order chi connectivity index (χ0) is 21.8. The predicted octanol–water partition coefficient (Wildman–Crippen LogP) is 2.86. The lowest BCUT2D eigenvalue weighted by molar-refractivity contribution is 0.0966. The molecule has 8 nitrogen and oxygen atoms in total. The second-order valence-corrected chi connectivity index (χ2v) is 9.40. The van der Waals surface area contributed by atoms with Crippen LogP contribution in [0.25, 0.3) is 0 Å². The molecule has 3 heterocycles. The Kier molecular flexibility index (Phi) is 4.51. The molecule has 3 aromatic rings. The minimum atomic E-state index is -3.80. The van der Waals surface area contributed by atoms with Crippen LogP contribution in [0.5, 0.6) is 11.5 Å². The van der Waals surface area contributed by atoms with Gasteiger partial charge in [-0.2, -0.15) is 5.10 Å². The lowest BCUT2D eigenvalue weighted by atomic mass is 10.1. The SMILES string of the molecule is Cc1nn(CC(=O)c2ccc3c(c2)OCO3)c(C)c1S(=O)(=O)N1CCc2ccccc21. The summed E-state index contributed by atoms with van der Waals surface area (Å²) in [5.74, 6) is 0.927. The highest BCUT2D eigenvalue weighted by Crippen LogP contribution is 2.35. The minimum absolute atomic E-state index is 0.0710. The van der Waals surface area contributed by atoms with Gasteiger partial charge in [0, 0.05) is 12.1 Å². The van der Waals surface area contributed by atoms with Gasteiger partial charge in [-0.3, -0.25) is 13.8 Å². The molecule has 2 aliphatic heterocycles. The van der Waals surface area contributed by atoms with Crippen LogP contribution in [0.2, 0.25) is 0 Å². The largest absolute Gasteiger partial charge is 0.454 e. The maximum Gasteiger partial charge on any atom is 0.268 e. The number of nitrogens with zero attached hydrogens (tertiary/aromatic N) is 3. The molecule has 0 amide bonds. The van der Waals surface area contributed by atoms with Crippen LogP contribution in [-0.4, -0.2) is 37.3 Å². The van der Waals surface area contributed by atoms with E-state index < -0.39 is 10.0 Å². The first kappa shape index (κ1) is 19.6. The summed E-state index contributed by atoms with van der Waals surface area (Å²) in [6.45, 7) is 3.79. The van der Waals surface area contributed by atoms with E-state index in [9.17, 15) is 13.2 Å². The number of sulfonamides is 1. The number of aromatic nitrogens is 2. The summed E-state index contributed by atoms with van der Waals surface area (Å²) in [4.78, 5) is 13.0. The van der Waals surface area contributed by atoms with Crippen LogP contribution in [0.3, 0.4) is 0 Å². The second kappa shape index (κ2) is 7.12. The highest BCUT2D eigenvalue weighted by Gasteiger charge is 2.35. The van der Waals surface area contributed by atoms with Crippen molar-refractivity contribution in [3.05, 3.63) is 65.0 Å². The lowest BCUT2D eigenvalue weighted by Gasteiger charge is -2.19. The number of benzene rings is 2. The minimum Gasteiger partial charge on any atom is -0.454 e. The number of anilines is 1. The maximum absolute atomic E-state index is 13.5. The van der Waals surface area contributed by atoms with Crippen LogP contribution >= 0.6 is 0 Å². The van der Waals surface area contributed by atoms with Gasteiger partial charge in [-0.15, -0.1) is 0 Å². The Hall–Kier alpha value is -3.33. The summed E-state index contributed by atoms with van der Waals surface area (Å²) in [6.07, 6.45) is 0.671. The number of carbonyl (C=O) groups excluding carboxylic acids is 1. The summed E-state index contributed by atoms with van der Waals surface area (Å²) >= 11 is 0. The van der Waals surface area contributed by atoms with Crippen molar-refractivity contribution in [1.82, 2.24) is 9.78 Å². The normalized spacial score (nSPS) is 14.7. The van der Waals surface area contributed by atoms with Crippen molar-refractivity contribution < 1.29 is 22.7 Å². The van der Waals surface area contributed by atoms with Crippen molar-refractivity contribution in [1.29, 1.82) is 0 Å². The topological polar surface area (TPSA) is 90.7 Å². The molecule has 2 aliphatic rings. The number of ketones is 1. The summed E-state index contributed by atoms with van der Waals surface area (Å²) in [5.41, 5.74) is 2.98. The molecule has 0 saturated heterocycles. The van der Waals surface area contributed by atoms with Gasteiger partial charge in [0.1, 0.15) is 11.4 Å². The molecule has 160 valence electrons. The van der Waals surface area contributed by atoms with Crippen LogP contribution in [0.4, 0.5) is 5.69 Å². The number of ether oxygens (including phenoxy) is 2. The first-order valence-electron chi connectivity index (χ1n) is 9.94. The van der Waals surface area contributed by atoms with Crippen molar-refractivity contribution in [2.75, 3.05) is 17.6 Å². The quantitative estimate of drug-likeness (QED) is 0.568. The molecule has 0 radical (unpaired) electrons. The maximum atomic E-state index is 13.5. The summed E-state index contributed by atoms with van der Waals surface area (Å²) < 4.78 is 40.5. The van der Waals surface area contributed by atoms with Crippen LogP contribution in [0, 0.1) is 13.8 Å². The van der Waals surface area contributed by atoms with Crippen LogP contribution in [-0.2, 0) is 23.0 Å². The zero-order valence-electron chi connectivity index (χ0n) is 17.2. The van der Waals surface area contributed by atoms with Crippen molar-refractivity contribution in [2.45, 2.75) is 31.7 Å². The number of para-hydroxylation sites is 1. The number of hydrogen-bond acceptors (Lipinski definition) is 6. The Bertz CT molecular complexity index is 1310. The van der Waals surface area contributed by atoms with Crippen molar-refractivity contribution in [3.8, 4) is 11.5 Å². The fourth-order valence-corrected chi connectivity index (χ4v) is 6.05. The molecule has 0 N–H and O–H groups in total. The van der Waals surface area contributed by atoms with Gasteiger partial charge in [-0.05, 0) is 50.1 Å². The predicted molar refractivity (Wildman–Crippen MR) is 113 cm³/mol. The van der Waals surface area contributed by atoms with Gasteiger partial charge in [0.25, 0.3) is 10.0 Å². The average Bonchev–Trinajstić information content (AvgIpc) is 3.45. The fourth-order valence-electron chi connectivity index (χ4n) is 4.17. The lowest BCUT2D eigenvalue weighted by Crippen LogP contribution is -2.30. The first-order valence-corrected chi connectivity index (χ1v) is 11.4. The molecule has 0 aliphatic carbocycles. The molecule has 0 atom stereocenters. The number of Topliss-reactive ketones (excluding diaryl/α,β-unsaturated/α-hetero) is 1. The van der Waals surface area contributed by atoms with E-state index in [0.29, 0.717) is 47.1 Å². The molecule has 5 rings (SSSR count). The molecule has 1 aromatic heterocycles. The third kappa shape index (κ3) is 3.16. The molecule has 0 unspecified atom stereocenters. The average molecular weight is 439 g/mol. The molecule has 0 fully saturated rings. The van der Waals surface area contributed by atoms with E-state index >= 15 is 0 Å². The van der Waals surface area contributed by atoms with E-state index in [1.165, 1.54) is 8.99 Å². The van der Waals surface area contributed by atoms with Crippen LogP contribution in [0.1, 0.15) is 27.3 Å². The molecule has 9 heteroatoms. The standard InChI is InChI=1S/C22H21N3O5S/c1-14-22(31(27,28)25-10-9-16-5-3-4-6-18(16)25)15(2)24(23-14)12-19(26)17-7-8-20-21(11-17)30-13-29-20/h3-8,11H,9-10,12-13H2,1-2H3. The zero-order valence-corrected chi connectivity index (χ0v) is 18.0. The van der Waals surface area contributed by atoms with Gasteiger partial charge in [0.2, 0.25) is 6.79 Å². The Morgan fingerprint density at radius 3 is 2.71 bits per heavy atom. The molecular formula is C22H21N3O5S. The number of rotatable bonds is 5. The van der Waals surface area contributed by atoms with E-state index in [1.54, 1.807) is 32.0 Å². The van der Waals surface area contributed by atoms with Gasteiger partial charge in [-0.25, -0.2) is 8.42 Å². The molecular weight excluding hydrogens is 418 g/mol. The van der Waals surface area contributed by atoms with Crippen molar-refractivity contribution in [2.24, 2.45) is 0 Å². The van der Waals surface area contributed by atoms with Gasteiger partial charge >= 0.3 is 0 Å². The Labute approximate surface area is 180 Å². The summed E-state index contributed by atoms with van der Waals surface area (Å²) in [7, 11) is -3.80. The van der Waals surface area contributed by atoms with E-state index in [0.717, 1.165) is 5.56 Å². The van der Waals surface area contributed by atoms with E-state index in [-0.39, 0.29) is 24.0 Å². The van der Waals surface area contributed by atoms with Crippen molar-refractivity contribution >= 4 is 21.5 Å². The van der Waals surface area contributed by atoms with E-state index in [2.05, 4.69) is 5.10 Å². The van der Waals surface area contributed by atoms with Gasteiger partial charge in [0.05, 0.1) is 17.1 Å². The smallest absolute Gasteiger partial charge is 0.268 e. The molecule has 0 bridgehead atoms. The first-order chi connectivity index (χ1) is 14.9. The Balaban J connectivity index is 1.45. The van der Waals surface area contributed by atoms with Crippen LogP contribution in [0.15, 0.2) is 47.4 Å². The van der Waals surface area contributed by atoms with E-state index in [1.807, 2.05) is 24.3 Å². The second-order valence-electron chi connectivity index (χ2n) is 7.60. The Morgan fingerprint density at radius 2 is 1.87 bits per heavy atom. The Morgan fingerprint density at radius 1 is 1.10 bits per heavy atom. The molecule has 2 aromatic carbocycles. The third-order valence-corrected chi connectivity index (χ3v) is 7.76. The number of hydrogen-bond donors (Lipinski definition) is 0. The van der Waals surface area contributed by atoms with Crippen molar-refractivity contribution in [3.63, 3.8) is 0 Å². The van der Waals surface area contributed by atoms with Gasteiger partial charge in [0.15, 0.2) is 17.3 Å². The summed E-state index contributed by atoms with van der Waals surface area (Å²) in [5, 5.41) is 4.38. The highest BCUT2D eigenvalue weighted by atomic mass is 32.2. The number of aryl methyl sites for hydroxylation is 1. The van der Waals surface area contributed by atoms with Crippen LogP contribution < -0.4 is 13.8 Å². The van der Waals surface area contributed by atoms with Gasteiger partial charge < -0.3 is 9.47 Å². The summed E-state index contributed by atoms with van der Waals surface area (Å²) in [6, 6.07) is 12.5. The highest BCUT2D eigenvalue weighted by molar-refractivity contribution is 7.93. The molecule has 31 heavy (non-hydrogen) atoms.